The lowest BCUT2D eigenvalue weighted by Crippen LogP contribution is -2.17. The second kappa shape index (κ2) is 36.2. The minimum absolute atomic E-state index is 0.457. The number of aromatic amines is 2. The maximum atomic E-state index is 9.52. The molecule has 4 aromatic carbocycles. The van der Waals surface area contributed by atoms with Crippen LogP contribution in [0.15, 0.2) is 121 Å². The van der Waals surface area contributed by atoms with Crippen molar-refractivity contribution in [2.24, 2.45) is 5.41 Å². The van der Waals surface area contributed by atoms with Crippen molar-refractivity contribution in [3.05, 3.63) is 121 Å². The quantitative estimate of drug-likeness (QED) is 0.0620. The number of aliphatic hydroxyl groups is 1. The monoisotopic (exact) mass is 873 g/mol. The second-order valence-corrected chi connectivity index (χ2v) is 18.8. The van der Waals surface area contributed by atoms with Gasteiger partial charge in [-0.1, -0.05) is 275 Å². The molecule has 3 heteroatoms. The Morgan fingerprint density at radius 2 is 0.672 bits per heavy atom. The van der Waals surface area contributed by atoms with Crippen molar-refractivity contribution in [2.45, 2.75) is 210 Å². The number of benzene rings is 4. The maximum Gasteiger partial charge on any atom is 0.0591 e. The highest BCUT2D eigenvalue weighted by molar-refractivity contribution is 5.86. The average molecular weight is 873 g/mol. The smallest absolute Gasteiger partial charge is 0.0591 e. The molecular weight excluding hydrogens is 777 g/mol. The molecule has 0 unspecified atom stereocenters. The molecule has 6 rings (SSSR count). The van der Waals surface area contributed by atoms with Gasteiger partial charge in [0.25, 0.3) is 0 Å². The van der Waals surface area contributed by atoms with Crippen LogP contribution in [0.25, 0.3) is 44.3 Å². The van der Waals surface area contributed by atoms with E-state index in [9.17, 15) is 5.11 Å². The minimum atomic E-state index is -0.457. The largest absolute Gasteiger partial charge is 0.390 e. The van der Waals surface area contributed by atoms with E-state index in [0.29, 0.717) is 5.41 Å². The number of H-pyrrole nitrogens is 2. The van der Waals surface area contributed by atoms with Crippen LogP contribution in [0.2, 0.25) is 0 Å². The van der Waals surface area contributed by atoms with E-state index in [1.807, 2.05) is 65.8 Å². The number of nitrogens with one attached hydrogen (secondary N) is 2. The number of hydrogen-bond donors (Lipinski definition) is 3. The van der Waals surface area contributed by atoms with Crippen LogP contribution >= 0.6 is 0 Å². The van der Waals surface area contributed by atoms with Crippen molar-refractivity contribution in [1.29, 1.82) is 0 Å². The third-order valence-electron chi connectivity index (χ3n) is 11.2. The minimum Gasteiger partial charge on any atom is -0.390 e. The van der Waals surface area contributed by atoms with Crippen LogP contribution in [-0.4, -0.2) is 20.7 Å². The maximum absolute atomic E-state index is 9.52. The first-order valence-electron chi connectivity index (χ1n) is 26.0. The Balaban J connectivity index is 0.000000415. The SMILES string of the molecule is CC.CC.CCCCCCCCCCCC(C)(C)C.CCCCCCCCCCCC(C)(C)O.c1ccc(-c2cc3ccccc3[nH]2)cc1.c1ccc(-c2cc3ccccc3[nH]2)cc1. The van der Waals surface area contributed by atoms with Crippen LogP contribution in [0.1, 0.15) is 205 Å². The zero-order valence-electron chi connectivity index (χ0n) is 43.1. The van der Waals surface area contributed by atoms with E-state index in [1.54, 1.807) is 0 Å². The van der Waals surface area contributed by atoms with Crippen molar-refractivity contribution in [3.8, 4) is 22.5 Å². The molecule has 0 aliphatic rings. The van der Waals surface area contributed by atoms with Crippen molar-refractivity contribution in [2.75, 3.05) is 0 Å². The standard InChI is InChI=1S/C15H32.2C14H11N.C14H30O.2C2H6/c1-5-6-7-8-9-10-11-12-13-14-15(2,3)4;2*1-2-6-11(7-3-1)14-10-12-8-4-5-9-13(12)15-14;1-4-5-6-7-8-9-10-11-12-13-14(2,3)15;2*1-2/h5-14H2,1-4H3;2*1-10,15H;15H,4-13H2,1-3H3;2*1-2H3. The Morgan fingerprint density at radius 1 is 0.375 bits per heavy atom. The van der Waals surface area contributed by atoms with E-state index in [4.69, 9.17) is 0 Å². The van der Waals surface area contributed by atoms with Gasteiger partial charge in [0, 0.05) is 33.2 Å². The van der Waals surface area contributed by atoms with E-state index in [-0.39, 0.29) is 0 Å². The second-order valence-electron chi connectivity index (χ2n) is 18.8. The van der Waals surface area contributed by atoms with Gasteiger partial charge in [0.2, 0.25) is 0 Å². The Morgan fingerprint density at radius 3 is 0.984 bits per heavy atom. The van der Waals surface area contributed by atoms with Gasteiger partial charge in [-0.15, -0.1) is 0 Å². The van der Waals surface area contributed by atoms with Crippen LogP contribution < -0.4 is 0 Å². The lowest BCUT2D eigenvalue weighted by atomic mass is 9.89. The fourth-order valence-electron chi connectivity index (χ4n) is 7.53. The number of aromatic nitrogens is 2. The van der Waals surface area contributed by atoms with Gasteiger partial charge < -0.3 is 15.1 Å². The van der Waals surface area contributed by atoms with Crippen molar-refractivity contribution in [3.63, 3.8) is 0 Å². The van der Waals surface area contributed by atoms with Gasteiger partial charge in [0.15, 0.2) is 0 Å². The van der Waals surface area contributed by atoms with Crippen LogP contribution in [-0.2, 0) is 0 Å². The molecule has 0 bridgehead atoms. The topological polar surface area (TPSA) is 51.8 Å². The van der Waals surface area contributed by atoms with Gasteiger partial charge in [-0.25, -0.2) is 0 Å². The average Bonchev–Trinajstić information content (AvgIpc) is 3.95. The van der Waals surface area contributed by atoms with Gasteiger partial charge in [-0.2, -0.15) is 0 Å². The predicted molar refractivity (Wildman–Crippen MR) is 290 cm³/mol. The molecule has 0 atom stereocenters. The van der Waals surface area contributed by atoms with Crippen molar-refractivity contribution in [1.82, 2.24) is 9.97 Å². The normalized spacial score (nSPS) is 10.8. The Kier molecular flexibility index (Phi) is 32.7. The van der Waals surface area contributed by atoms with Gasteiger partial charge in [-0.3, -0.25) is 0 Å². The molecule has 2 heterocycles. The first-order valence-corrected chi connectivity index (χ1v) is 26.0. The van der Waals surface area contributed by atoms with Crippen LogP contribution in [0.3, 0.4) is 0 Å². The molecule has 3 nitrogen and oxygen atoms in total. The van der Waals surface area contributed by atoms with Gasteiger partial charge in [0.1, 0.15) is 0 Å². The lowest BCUT2D eigenvalue weighted by Gasteiger charge is -2.17. The molecule has 2 aromatic heterocycles. The molecule has 0 aliphatic carbocycles. The molecule has 64 heavy (non-hydrogen) atoms. The summed E-state index contributed by atoms with van der Waals surface area (Å²) < 4.78 is 0. The first kappa shape index (κ1) is 57.9. The summed E-state index contributed by atoms with van der Waals surface area (Å²) in [6, 6.07) is 41.8. The van der Waals surface area contributed by atoms with Crippen LogP contribution in [0.5, 0.6) is 0 Å². The summed E-state index contributed by atoms with van der Waals surface area (Å²) >= 11 is 0. The molecule has 0 fully saturated rings. The van der Waals surface area contributed by atoms with Gasteiger partial charge in [-0.05, 0) is 67.5 Å². The summed E-state index contributed by atoms with van der Waals surface area (Å²) in [5.74, 6) is 0. The lowest BCUT2D eigenvalue weighted by molar-refractivity contribution is 0.0680. The fraction of sp³-hybridized carbons (Fsp3) is 0.541. The first-order chi connectivity index (χ1) is 31.0. The highest BCUT2D eigenvalue weighted by Crippen LogP contribution is 2.25. The molecule has 0 radical (unpaired) electrons. The summed E-state index contributed by atoms with van der Waals surface area (Å²) in [6.07, 6.45) is 27.5. The number of fused-ring (bicyclic) bond motifs is 2. The Labute approximate surface area is 394 Å². The van der Waals surface area contributed by atoms with Crippen molar-refractivity contribution < 1.29 is 5.11 Å². The molecular formula is C61H96N2O. The van der Waals surface area contributed by atoms with Crippen LogP contribution in [0.4, 0.5) is 0 Å². The molecule has 3 N–H and O–H groups in total. The fourth-order valence-corrected chi connectivity index (χ4v) is 7.53. The number of hydrogen-bond acceptors (Lipinski definition) is 1. The number of rotatable bonds is 21. The number of para-hydroxylation sites is 2. The Hall–Kier alpha value is -4.08. The van der Waals surface area contributed by atoms with Gasteiger partial charge in [0.05, 0.1) is 5.60 Å². The summed E-state index contributed by atoms with van der Waals surface area (Å²) in [6.45, 7) is 23.4. The molecule has 356 valence electrons. The van der Waals surface area contributed by atoms with E-state index in [1.165, 1.54) is 166 Å². The van der Waals surface area contributed by atoms with Gasteiger partial charge >= 0.3 is 0 Å². The zero-order valence-corrected chi connectivity index (χ0v) is 43.1. The number of unbranched alkanes of at least 4 members (excludes halogenated alkanes) is 16. The van der Waals surface area contributed by atoms with E-state index in [2.05, 4.69) is 142 Å². The van der Waals surface area contributed by atoms with E-state index in [0.717, 1.165) is 6.42 Å². The molecule has 0 amide bonds. The predicted octanol–water partition coefficient (Wildman–Crippen LogP) is 20.4. The van der Waals surface area contributed by atoms with Crippen LogP contribution in [0, 0.1) is 5.41 Å². The highest BCUT2D eigenvalue weighted by Gasteiger charge is 2.11. The molecule has 0 saturated carbocycles. The summed E-state index contributed by atoms with van der Waals surface area (Å²) in [7, 11) is 0. The third kappa shape index (κ3) is 28.0. The zero-order chi connectivity index (χ0) is 47.3. The summed E-state index contributed by atoms with van der Waals surface area (Å²) in [5.41, 5.74) is 7.28. The van der Waals surface area contributed by atoms with Crippen molar-refractivity contribution >= 4 is 21.8 Å². The molecule has 0 spiro atoms. The third-order valence-corrected chi connectivity index (χ3v) is 11.2. The molecule has 6 aromatic rings. The molecule has 0 aliphatic heterocycles. The van der Waals surface area contributed by atoms with E-state index >= 15 is 0 Å². The van der Waals surface area contributed by atoms with E-state index < -0.39 is 5.60 Å². The summed E-state index contributed by atoms with van der Waals surface area (Å²) in [4.78, 5) is 6.82. The Bertz CT molecular complexity index is 1700. The molecule has 0 saturated heterocycles. The summed E-state index contributed by atoms with van der Waals surface area (Å²) in [5, 5.41) is 12.0. The highest BCUT2D eigenvalue weighted by atomic mass is 16.3.